The molecule has 0 amide bonds. The summed E-state index contributed by atoms with van der Waals surface area (Å²) in [5, 5.41) is 28.0. The minimum Gasteiger partial charge on any atom is -1.00 e. The monoisotopic (exact) mass is 394 g/mol. The fraction of sp³-hybridized carbons (Fsp3) is 0.647. The lowest BCUT2D eigenvalue weighted by molar-refractivity contribution is -0.0000314. The van der Waals surface area contributed by atoms with Gasteiger partial charge in [0.2, 0.25) is 5.75 Å². The number of methoxy groups -OCH3 is 3. The number of nitrogens with zero attached hydrogens (tertiary/aromatic N) is 1. The molecule has 0 fully saturated rings. The van der Waals surface area contributed by atoms with Crippen LogP contribution in [0.25, 0.3) is 0 Å². The molecule has 0 radical (unpaired) electrons. The Hall–Kier alpha value is -1.29. The van der Waals surface area contributed by atoms with E-state index in [9.17, 15) is 5.11 Å². The van der Waals surface area contributed by atoms with Gasteiger partial charge in [-0.1, -0.05) is 0 Å². The highest BCUT2D eigenvalue weighted by molar-refractivity contribution is 5.53. The van der Waals surface area contributed by atoms with Crippen LogP contribution in [0.4, 0.5) is 0 Å². The predicted molar refractivity (Wildman–Crippen MR) is 92.4 cm³/mol. The lowest BCUT2D eigenvalue weighted by Gasteiger charge is -2.23. The van der Waals surface area contributed by atoms with Crippen LogP contribution in [0.3, 0.4) is 0 Å². The van der Waals surface area contributed by atoms with Crippen molar-refractivity contribution in [1.29, 1.82) is 0 Å². The average molecular weight is 395 g/mol. The van der Waals surface area contributed by atoms with E-state index in [-0.39, 0.29) is 38.8 Å². The van der Waals surface area contributed by atoms with Crippen molar-refractivity contribution in [1.82, 2.24) is 4.90 Å². The molecule has 9 heteroatoms. The van der Waals surface area contributed by atoms with Gasteiger partial charge in [0.15, 0.2) is 11.5 Å². The molecule has 1 unspecified atom stereocenters. The Morgan fingerprint density at radius 1 is 0.962 bits per heavy atom. The van der Waals surface area contributed by atoms with Gasteiger partial charge < -0.3 is 46.7 Å². The van der Waals surface area contributed by atoms with Crippen LogP contribution in [0.15, 0.2) is 12.1 Å². The molecule has 0 aliphatic carbocycles. The summed E-state index contributed by atoms with van der Waals surface area (Å²) in [6.45, 7) is 1.45. The van der Waals surface area contributed by atoms with Crippen molar-refractivity contribution in [3.8, 4) is 17.2 Å². The zero-order chi connectivity index (χ0) is 18.7. The summed E-state index contributed by atoms with van der Waals surface area (Å²) in [5.74, 6) is 1.59. The van der Waals surface area contributed by atoms with Gasteiger partial charge in [0.1, 0.15) is 0 Å². The van der Waals surface area contributed by atoms with Gasteiger partial charge >= 0.3 is 0 Å². The van der Waals surface area contributed by atoms with Crippen LogP contribution in [0.5, 0.6) is 17.2 Å². The zero-order valence-corrected chi connectivity index (χ0v) is 16.2. The van der Waals surface area contributed by atoms with Crippen LogP contribution in [0, 0.1) is 0 Å². The molecule has 26 heavy (non-hydrogen) atoms. The molecule has 3 N–H and O–H groups in total. The van der Waals surface area contributed by atoms with Gasteiger partial charge in [-0.25, -0.2) is 0 Å². The van der Waals surface area contributed by atoms with Crippen LogP contribution in [-0.4, -0.2) is 87.1 Å². The quantitative estimate of drug-likeness (QED) is 0.323. The number of rotatable bonds is 13. The van der Waals surface area contributed by atoms with Crippen molar-refractivity contribution in [3.05, 3.63) is 17.7 Å². The van der Waals surface area contributed by atoms with Crippen LogP contribution in [-0.2, 0) is 11.3 Å². The van der Waals surface area contributed by atoms with Gasteiger partial charge in [0, 0.05) is 19.6 Å². The summed E-state index contributed by atoms with van der Waals surface area (Å²) in [4.78, 5) is 1.77. The van der Waals surface area contributed by atoms with Crippen LogP contribution in [0.2, 0.25) is 0 Å². The van der Waals surface area contributed by atoms with Gasteiger partial charge in [0.05, 0.1) is 53.9 Å². The first-order chi connectivity index (χ1) is 12.1. The second-order valence-electron chi connectivity index (χ2n) is 5.45. The lowest BCUT2D eigenvalue weighted by Crippen LogP contribution is -3.00. The number of aliphatic hydroxyl groups excluding tert-OH is 3. The highest BCUT2D eigenvalue weighted by Crippen LogP contribution is 2.38. The molecular formula is C17H29ClNO7-. The molecule has 1 aromatic rings. The van der Waals surface area contributed by atoms with Gasteiger partial charge in [-0.15, -0.1) is 0 Å². The minimum atomic E-state index is -0.722. The van der Waals surface area contributed by atoms with E-state index < -0.39 is 6.10 Å². The summed E-state index contributed by atoms with van der Waals surface area (Å²) in [7, 11) is 4.63. The Kier molecular flexibility index (Phi) is 13.2. The van der Waals surface area contributed by atoms with E-state index >= 15 is 0 Å². The predicted octanol–water partition coefficient (Wildman–Crippen LogP) is -3.12. The summed E-state index contributed by atoms with van der Waals surface area (Å²) in [6.07, 6.45) is -0.722. The molecule has 0 aliphatic heterocycles. The Labute approximate surface area is 160 Å². The van der Waals surface area contributed by atoms with Crippen molar-refractivity contribution in [2.75, 3.05) is 60.8 Å². The molecule has 0 spiro atoms. The number of hydrogen-bond acceptors (Lipinski definition) is 8. The average Bonchev–Trinajstić information content (AvgIpc) is 2.61. The molecule has 0 aromatic heterocycles. The Balaban J connectivity index is 0.00000625. The second-order valence-corrected chi connectivity index (χ2v) is 5.45. The second kappa shape index (κ2) is 13.9. The van der Waals surface area contributed by atoms with Gasteiger partial charge in [-0.05, 0) is 17.7 Å². The number of halogens is 1. The van der Waals surface area contributed by atoms with E-state index in [0.717, 1.165) is 5.56 Å². The third-order valence-corrected chi connectivity index (χ3v) is 3.60. The lowest BCUT2D eigenvalue weighted by atomic mass is 10.2. The van der Waals surface area contributed by atoms with Crippen molar-refractivity contribution in [3.63, 3.8) is 0 Å². The van der Waals surface area contributed by atoms with E-state index in [2.05, 4.69) is 0 Å². The highest BCUT2D eigenvalue weighted by Gasteiger charge is 2.14. The molecule has 0 aliphatic rings. The van der Waals surface area contributed by atoms with Crippen molar-refractivity contribution in [2.45, 2.75) is 12.7 Å². The number of benzene rings is 1. The van der Waals surface area contributed by atoms with Gasteiger partial charge in [-0.3, -0.25) is 4.90 Å². The molecule has 1 atom stereocenters. The molecule has 152 valence electrons. The van der Waals surface area contributed by atoms with E-state index in [0.29, 0.717) is 36.9 Å². The summed E-state index contributed by atoms with van der Waals surface area (Å²) >= 11 is 0. The highest BCUT2D eigenvalue weighted by atomic mass is 35.5. The first-order valence-corrected chi connectivity index (χ1v) is 8.08. The summed E-state index contributed by atoms with van der Waals surface area (Å²) in [6, 6.07) is 3.58. The van der Waals surface area contributed by atoms with Crippen LogP contribution < -0.4 is 26.6 Å². The number of hydrogen-bond donors (Lipinski definition) is 3. The van der Waals surface area contributed by atoms with E-state index in [1.807, 2.05) is 0 Å². The Morgan fingerprint density at radius 2 is 1.50 bits per heavy atom. The molecule has 8 nitrogen and oxygen atoms in total. The number of aliphatic hydroxyl groups is 3. The summed E-state index contributed by atoms with van der Waals surface area (Å²) in [5.41, 5.74) is 0.823. The molecule has 1 aromatic carbocycles. The smallest absolute Gasteiger partial charge is 0.203 e. The molecular weight excluding hydrogens is 366 g/mol. The van der Waals surface area contributed by atoms with Crippen molar-refractivity contribution < 1.29 is 46.7 Å². The number of ether oxygens (including phenoxy) is 4. The van der Waals surface area contributed by atoms with Crippen LogP contribution >= 0.6 is 0 Å². The fourth-order valence-electron chi connectivity index (χ4n) is 2.46. The molecule has 0 saturated heterocycles. The van der Waals surface area contributed by atoms with Crippen molar-refractivity contribution >= 4 is 0 Å². The first-order valence-electron chi connectivity index (χ1n) is 8.08. The van der Waals surface area contributed by atoms with Crippen molar-refractivity contribution in [2.24, 2.45) is 0 Å². The van der Waals surface area contributed by atoms with E-state index in [1.54, 1.807) is 31.3 Å². The first kappa shape index (κ1) is 24.7. The SMILES string of the molecule is COc1cc(COCC(O)CN(CCO)CCO)cc(OC)c1OC.[Cl-]. The van der Waals surface area contributed by atoms with Gasteiger partial charge in [-0.2, -0.15) is 0 Å². The molecule has 0 heterocycles. The third-order valence-electron chi connectivity index (χ3n) is 3.60. The minimum absolute atomic E-state index is 0. The summed E-state index contributed by atoms with van der Waals surface area (Å²) < 4.78 is 21.4. The topological polar surface area (TPSA) is 101 Å². The van der Waals surface area contributed by atoms with Gasteiger partial charge in [0.25, 0.3) is 0 Å². The Bertz CT molecular complexity index is 473. The van der Waals surface area contributed by atoms with E-state index in [1.165, 1.54) is 7.11 Å². The standard InChI is InChI=1S/C17H29NO7.ClH/c1-22-15-8-13(9-16(23-2)17(15)24-3)11-25-12-14(21)10-18(4-6-19)5-7-20;/h8-9,14,19-21H,4-7,10-12H2,1-3H3;1H/p-1. The molecule has 0 bridgehead atoms. The van der Waals surface area contributed by atoms with Crippen LogP contribution in [0.1, 0.15) is 5.56 Å². The maximum Gasteiger partial charge on any atom is 0.203 e. The normalized spacial score (nSPS) is 11.8. The molecule has 1 rings (SSSR count). The zero-order valence-electron chi connectivity index (χ0n) is 15.5. The fourth-order valence-corrected chi connectivity index (χ4v) is 2.46. The third kappa shape index (κ3) is 7.94. The van der Waals surface area contributed by atoms with E-state index in [4.69, 9.17) is 29.2 Å². The Morgan fingerprint density at radius 3 is 1.92 bits per heavy atom. The molecule has 0 saturated carbocycles. The maximum atomic E-state index is 10.0. The maximum absolute atomic E-state index is 10.0. The largest absolute Gasteiger partial charge is 1.00 e.